The van der Waals surface area contributed by atoms with E-state index in [0.717, 1.165) is 60.1 Å². The molecule has 0 amide bonds. The minimum Gasteiger partial charge on any atom is -0.340 e. The molecule has 0 spiro atoms. The van der Waals surface area contributed by atoms with Crippen LogP contribution in [0.25, 0.3) is 15.3 Å². The number of azo groups is 1. The van der Waals surface area contributed by atoms with E-state index in [2.05, 4.69) is 103 Å². The van der Waals surface area contributed by atoms with Crippen LogP contribution in [0.1, 0.15) is 70.8 Å². The second-order valence-corrected chi connectivity index (χ2v) is 15.0. The Morgan fingerprint density at radius 3 is 1.92 bits per heavy atom. The molecular weight excluding hydrogens is 625 g/mol. The van der Waals surface area contributed by atoms with Gasteiger partial charge in [-0.05, 0) is 105 Å². The Kier molecular flexibility index (Phi) is 8.86. The Balaban J connectivity index is 1.52. The number of nitriles is 1. The molecule has 0 radical (unpaired) electrons. The van der Waals surface area contributed by atoms with Gasteiger partial charge in [0.25, 0.3) is 0 Å². The molecule has 0 aliphatic heterocycles. The Morgan fingerprint density at radius 1 is 0.755 bits per heavy atom. The Labute approximate surface area is 292 Å². The molecule has 248 valence electrons. The third-order valence-electron chi connectivity index (χ3n) is 8.67. The van der Waals surface area contributed by atoms with Gasteiger partial charge in [0.2, 0.25) is 0 Å². The number of hydrogen-bond acceptors (Lipinski definition) is 8. The van der Waals surface area contributed by atoms with Gasteiger partial charge in [0, 0.05) is 17.6 Å². The van der Waals surface area contributed by atoms with Crippen molar-refractivity contribution in [3.63, 3.8) is 0 Å². The fourth-order valence-electron chi connectivity index (χ4n) is 6.42. The summed E-state index contributed by atoms with van der Waals surface area (Å²) in [5.74, 6) is 1.70. The van der Waals surface area contributed by atoms with Gasteiger partial charge >= 0.3 is 0 Å². The molecule has 8 nitrogen and oxygen atoms in total. The maximum absolute atomic E-state index is 10.5. The van der Waals surface area contributed by atoms with E-state index in [4.69, 9.17) is 20.2 Å². The first-order valence-electron chi connectivity index (χ1n) is 16.4. The SMILES string of the molecule is Cc1cc(C)c(Nc2cc(C)c(N=Nc3c(C#N)c(C(C)(C)C)cn3-c3nc4ccccc4s3)c(Nc3c(C)cc(C)cc3C)n2)c(C)c1. The molecule has 0 aliphatic rings. The van der Waals surface area contributed by atoms with Gasteiger partial charge in [-0.15, -0.1) is 10.2 Å². The van der Waals surface area contributed by atoms with Crippen LogP contribution in [0.5, 0.6) is 0 Å². The molecule has 0 bridgehead atoms. The van der Waals surface area contributed by atoms with Crippen molar-refractivity contribution in [3.05, 3.63) is 111 Å². The van der Waals surface area contributed by atoms with Crippen molar-refractivity contribution in [2.75, 3.05) is 10.6 Å². The normalized spacial score (nSPS) is 11.8. The van der Waals surface area contributed by atoms with E-state index in [-0.39, 0.29) is 5.41 Å². The summed E-state index contributed by atoms with van der Waals surface area (Å²) in [6.07, 6.45) is 1.98. The van der Waals surface area contributed by atoms with Crippen LogP contribution in [0.3, 0.4) is 0 Å². The standard InChI is InChI=1S/C40H42N8S/c1-22-15-24(3)34(25(4)16-22)43-33-19-28(7)36(37(44-33)45-35-26(5)17-23(2)18-27(35)6)46-47-38-29(20-41)30(40(8,9)10)21-48(38)39-42-31-13-11-12-14-32(31)49-39/h11-19,21H,1-10H3,(H2,43,44,45). The molecule has 0 atom stereocenters. The van der Waals surface area contributed by atoms with Gasteiger partial charge in [0.15, 0.2) is 16.8 Å². The number of fused-ring (bicyclic) bond motifs is 1. The molecule has 2 N–H and O–H groups in total. The first-order valence-corrected chi connectivity index (χ1v) is 17.2. The fourth-order valence-corrected chi connectivity index (χ4v) is 7.37. The van der Waals surface area contributed by atoms with E-state index in [0.29, 0.717) is 28.7 Å². The predicted molar refractivity (Wildman–Crippen MR) is 203 cm³/mol. The van der Waals surface area contributed by atoms with E-state index in [9.17, 15) is 5.26 Å². The van der Waals surface area contributed by atoms with Crippen LogP contribution in [-0.4, -0.2) is 14.5 Å². The van der Waals surface area contributed by atoms with Gasteiger partial charge in [-0.3, -0.25) is 4.57 Å². The molecule has 3 aromatic carbocycles. The molecule has 9 heteroatoms. The number of para-hydroxylation sites is 1. The minimum atomic E-state index is -0.304. The fraction of sp³-hybridized carbons (Fsp3) is 0.275. The summed E-state index contributed by atoms with van der Waals surface area (Å²) in [7, 11) is 0. The van der Waals surface area contributed by atoms with Gasteiger partial charge in [0.1, 0.15) is 23.1 Å². The summed E-state index contributed by atoms with van der Waals surface area (Å²) in [5.41, 5.74) is 12.3. The maximum Gasteiger partial charge on any atom is 0.196 e. The Bertz CT molecular complexity index is 2230. The van der Waals surface area contributed by atoms with E-state index in [1.165, 1.54) is 11.1 Å². The largest absolute Gasteiger partial charge is 0.340 e. The number of aromatic nitrogens is 3. The van der Waals surface area contributed by atoms with Gasteiger partial charge in [-0.2, -0.15) is 5.26 Å². The summed E-state index contributed by atoms with van der Waals surface area (Å²) in [4.78, 5) is 9.98. The number of rotatable bonds is 7. The third kappa shape index (κ3) is 6.70. The Hall–Kier alpha value is -5.33. The smallest absolute Gasteiger partial charge is 0.196 e. The van der Waals surface area contributed by atoms with E-state index in [1.807, 2.05) is 48.0 Å². The zero-order valence-corrected chi connectivity index (χ0v) is 30.7. The maximum atomic E-state index is 10.5. The lowest BCUT2D eigenvalue weighted by Gasteiger charge is -2.18. The molecule has 0 unspecified atom stereocenters. The Morgan fingerprint density at radius 2 is 1.35 bits per heavy atom. The van der Waals surface area contributed by atoms with E-state index >= 15 is 0 Å². The molecule has 3 aromatic heterocycles. The number of aryl methyl sites for hydroxylation is 7. The highest BCUT2D eigenvalue weighted by Crippen LogP contribution is 2.41. The van der Waals surface area contributed by atoms with Crippen LogP contribution >= 0.6 is 11.3 Å². The number of hydrogen-bond donors (Lipinski definition) is 2. The topological polar surface area (TPSA) is 103 Å². The van der Waals surface area contributed by atoms with E-state index in [1.54, 1.807) is 11.3 Å². The molecule has 0 saturated carbocycles. The molecule has 3 heterocycles. The van der Waals surface area contributed by atoms with Gasteiger partial charge in [-0.25, -0.2) is 9.97 Å². The molecule has 6 aromatic rings. The van der Waals surface area contributed by atoms with Crippen molar-refractivity contribution in [1.29, 1.82) is 5.26 Å². The lowest BCUT2D eigenvalue weighted by atomic mass is 9.86. The summed E-state index contributed by atoms with van der Waals surface area (Å²) >= 11 is 1.56. The second-order valence-electron chi connectivity index (χ2n) is 14.0. The van der Waals surface area contributed by atoms with Crippen molar-refractivity contribution in [1.82, 2.24) is 14.5 Å². The first kappa shape index (κ1) is 33.6. The first-order chi connectivity index (χ1) is 23.2. The summed E-state index contributed by atoms with van der Waals surface area (Å²) < 4.78 is 2.96. The second kappa shape index (κ2) is 12.9. The molecule has 0 saturated heterocycles. The third-order valence-corrected chi connectivity index (χ3v) is 9.70. The monoisotopic (exact) mass is 666 g/mol. The highest BCUT2D eigenvalue weighted by atomic mass is 32.1. The van der Waals surface area contributed by atoms with Crippen LogP contribution < -0.4 is 10.6 Å². The number of nitrogens with one attached hydrogen (secondary N) is 2. The summed E-state index contributed by atoms with van der Waals surface area (Å²) in [5, 5.41) is 28.1. The molecule has 0 aliphatic carbocycles. The average molecular weight is 667 g/mol. The van der Waals surface area contributed by atoms with Crippen LogP contribution in [0.4, 0.5) is 34.5 Å². The zero-order chi connectivity index (χ0) is 35.2. The highest BCUT2D eigenvalue weighted by molar-refractivity contribution is 7.20. The quantitative estimate of drug-likeness (QED) is 0.165. The van der Waals surface area contributed by atoms with Gasteiger partial charge in [0.05, 0.1) is 10.2 Å². The van der Waals surface area contributed by atoms with Crippen LogP contribution in [0.2, 0.25) is 0 Å². The average Bonchev–Trinajstić information content (AvgIpc) is 3.61. The number of anilines is 4. The molecular formula is C40H42N8S. The number of benzene rings is 3. The van der Waals surface area contributed by atoms with Crippen molar-refractivity contribution >= 4 is 56.1 Å². The van der Waals surface area contributed by atoms with Crippen molar-refractivity contribution in [2.24, 2.45) is 10.2 Å². The predicted octanol–water partition coefficient (Wildman–Crippen LogP) is 11.7. The van der Waals surface area contributed by atoms with Gasteiger partial charge in [-0.1, -0.05) is 79.6 Å². The lowest BCUT2D eigenvalue weighted by Crippen LogP contribution is -2.11. The minimum absolute atomic E-state index is 0.304. The number of pyridine rings is 1. The van der Waals surface area contributed by atoms with Crippen LogP contribution in [0.15, 0.2) is 71.0 Å². The summed E-state index contributed by atoms with van der Waals surface area (Å²) in [6, 6.07) is 21.1. The van der Waals surface area contributed by atoms with Crippen LogP contribution in [0, 0.1) is 59.8 Å². The number of nitrogens with zero attached hydrogens (tertiary/aromatic N) is 6. The zero-order valence-electron chi connectivity index (χ0n) is 29.9. The van der Waals surface area contributed by atoms with Gasteiger partial charge < -0.3 is 10.6 Å². The lowest BCUT2D eigenvalue weighted by molar-refractivity contribution is 0.588. The van der Waals surface area contributed by atoms with E-state index < -0.39 is 0 Å². The highest BCUT2D eigenvalue weighted by Gasteiger charge is 2.27. The molecule has 0 fully saturated rings. The van der Waals surface area contributed by atoms with Crippen LogP contribution in [-0.2, 0) is 5.41 Å². The van der Waals surface area contributed by atoms with Crippen molar-refractivity contribution < 1.29 is 0 Å². The number of thiazole rings is 1. The van der Waals surface area contributed by atoms with Crippen molar-refractivity contribution in [2.45, 2.75) is 74.7 Å². The summed E-state index contributed by atoms with van der Waals surface area (Å²) in [6.45, 7) is 20.9. The molecule has 49 heavy (non-hydrogen) atoms. The van der Waals surface area contributed by atoms with Crippen molar-refractivity contribution in [3.8, 4) is 11.2 Å². The molecule has 6 rings (SSSR count).